The number of hydrazone groups is 1. The zero-order valence-corrected chi connectivity index (χ0v) is 16.5. The number of carbonyl (C=O) groups is 1. The molecule has 0 unspecified atom stereocenters. The monoisotopic (exact) mass is 441 g/mol. The number of furan rings is 1. The molecule has 0 aliphatic rings. The van der Waals surface area contributed by atoms with Crippen LogP contribution >= 0.6 is 15.9 Å². The number of nitrogens with zero attached hydrogens (tertiary/aromatic N) is 2. The molecule has 1 N–H and O–H groups in total. The van der Waals surface area contributed by atoms with Crippen LogP contribution in [0.1, 0.15) is 16.9 Å². The summed E-state index contributed by atoms with van der Waals surface area (Å²) in [6, 6.07) is 15.3. The highest BCUT2D eigenvalue weighted by Gasteiger charge is 2.08. The number of carbonyl (C=O) groups excluding carboxylic acids is 1. The van der Waals surface area contributed by atoms with Gasteiger partial charge in [0.15, 0.2) is 0 Å². The van der Waals surface area contributed by atoms with Gasteiger partial charge in [-0.15, -0.1) is 0 Å². The molecule has 8 heteroatoms. The fourth-order valence-electron chi connectivity index (χ4n) is 2.45. The van der Waals surface area contributed by atoms with E-state index in [0.717, 1.165) is 15.6 Å². The maximum atomic E-state index is 11.9. The van der Waals surface area contributed by atoms with Crippen molar-refractivity contribution in [2.75, 3.05) is 0 Å². The molecule has 1 aromatic heterocycles. The van der Waals surface area contributed by atoms with Crippen molar-refractivity contribution in [2.24, 2.45) is 5.10 Å². The van der Waals surface area contributed by atoms with Gasteiger partial charge in [0.05, 0.1) is 17.6 Å². The van der Waals surface area contributed by atoms with E-state index in [0.29, 0.717) is 17.1 Å². The van der Waals surface area contributed by atoms with Gasteiger partial charge >= 0.3 is 0 Å². The minimum atomic E-state index is -0.485. The van der Waals surface area contributed by atoms with Crippen molar-refractivity contribution in [3.63, 3.8) is 0 Å². The van der Waals surface area contributed by atoms with E-state index >= 15 is 0 Å². The summed E-state index contributed by atoms with van der Waals surface area (Å²) >= 11 is 3.50. The van der Waals surface area contributed by atoms with E-state index in [1.165, 1.54) is 18.3 Å². The third-order valence-corrected chi connectivity index (χ3v) is 4.83. The van der Waals surface area contributed by atoms with E-state index in [9.17, 15) is 14.9 Å². The lowest BCUT2D eigenvalue weighted by Crippen LogP contribution is -2.19. The van der Waals surface area contributed by atoms with Gasteiger partial charge in [-0.1, -0.05) is 40.2 Å². The van der Waals surface area contributed by atoms with Gasteiger partial charge in [-0.25, -0.2) is 5.43 Å². The lowest BCUT2D eigenvalue weighted by molar-refractivity contribution is -0.384. The second kappa shape index (κ2) is 8.62. The molecule has 0 saturated carbocycles. The van der Waals surface area contributed by atoms with Crippen molar-refractivity contribution >= 4 is 33.7 Å². The van der Waals surface area contributed by atoms with Crippen LogP contribution in [0, 0.1) is 17.0 Å². The molecule has 28 heavy (non-hydrogen) atoms. The summed E-state index contributed by atoms with van der Waals surface area (Å²) < 4.78 is 6.71. The minimum Gasteiger partial charge on any atom is -0.455 e. The first-order chi connectivity index (χ1) is 13.4. The molecule has 7 nitrogen and oxygen atoms in total. The predicted octanol–water partition coefficient (Wildman–Crippen LogP) is 4.62. The minimum absolute atomic E-state index is 0.0172. The number of halogens is 1. The van der Waals surface area contributed by atoms with Gasteiger partial charge in [-0.05, 0) is 36.2 Å². The van der Waals surface area contributed by atoms with Gasteiger partial charge in [-0.2, -0.15) is 5.10 Å². The molecule has 0 radical (unpaired) electrons. The van der Waals surface area contributed by atoms with Crippen molar-refractivity contribution in [3.8, 4) is 11.3 Å². The summed E-state index contributed by atoms with van der Waals surface area (Å²) in [5.74, 6) is 0.862. The highest BCUT2D eigenvalue weighted by atomic mass is 79.9. The van der Waals surface area contributed by atoms with Crippen LogP contribution < -0.4 is 5.43 Å². The number of nitro groups is 1. The lowest BCUT2D eigenvalue weighted by atomic mass is 10.1. The number of hydrogen-bond acceptors (Lipinski definition) is 5. The fraction of sp³-hybridized carbons (Fsp3) is 0.100. The van der Waals surface area contributed by atoms with Gasteiger partial charge < -0.3 is 4.42 Å². The van der Waals surface area contributed by atoms with Gasteiger partial charge in [0.1, 0.15) is 11.5 Å². The largest absolute Gasteiger partial charge is 0.455 e. The summed E-state index contributed by atoms with van der Waals surface area (Å²) in [4.78, 5) is 22.1. The standard InChI is InChI=1S/C20H16BrN3O4/c1-13-2-5-15(11-18(13)21)19-9-8-17(28-19)12-22-23-20(25)10-14-3-6-16(7-4-14)24(26)27/h2-9,11-12H,10H2,1H3,(H,23,25)/b22-12+. The Morgan fingerprint density at radius 1 is 1.21 bits per heavy atom. The van der Waals surface area contributed by atoms with Gasteiger partial charge in [-0.3, -0.25) is 14.9 Å². The second-order valence-electron chi connectivity index (χ2n) is 6.06. The Morgan fingerprint density at radius 2 is 1.96 bits per heavy atom. The highest BCUT2D eigenvalue weighted by molar-refractivity contribution is 9.10. The summed E-state index contributed by atoms with van der Waals surface area (Å²) in [7, 11) is 0. The molecule has 0 bridgehead atoms. The Bertz CT molecular complexity index is 1040. The van der Waals surface area contributed by atoms with Gasteiger partial charge in [0.2, 0.25) is 5.91 Å². The van der Waals surface area contributed by atoms with E-state index in [-0.39, 0.29) is 18.0 Å². The Balaban J connectivity index is 1.57. The predicted molar refractivity (Wildman–Crippen MR) is 109 cm³/mol. The first kappa shape index (κ1) is 19.5. The lowest BCUT2D eigenvalue weighted by Gasteiger charge is -2.01. The van der Waals surface area contributed by atoms with Crippen LogP contribution in [0.25, 0.3) is 11.3 Å². The van der Waals surface area contributed by atoms with Crippen LogP contribution in [-0.4, -0.2) is 17.0 Å². The Hall–Kier alpha value is -3.26. The smallest absolute Gasteiger partial charge is 0.269 e. The summed E-state index contributed by atoms with van der Waals surface area (Å²) in [5.41, 5.74) is 5.11. The topological polar surface area (TPSA) is 97.7 Å². The number of non-ortho nitro benzene ring substituents is 1. The van der Waals surface area contributed by atoms with Gasteiger partial charge in [0, 0.05) is 22.2 Å². The Morgan fingerprint density at radius 3 is 2.64 bits per heavy atom. The molecule has 142 valence electrons. The summed E-state index contributed by atoms with van der Waals surface area (Å²) in [6.45, 7) is 2.01. The molecule has 1 amide bonds. The third kappa shape index (κ3) is 4.92. The molecular weight excluding hydrogens is 426 g/mol. The quantitative estimate of drug-likeness (QED) is 0.342. The molecule has 0 aliphatic carbocycles. The van der Waals surface area contributed by atoms with Crippen LogP contribution in [0.2, 0.25) is 0 Å². The molecule has 0 atom stereocenters. The zero-order chi connectivity index (χ0) is 20.1. The van der Waals surface area contributed by atoms with Gasteiger partial charge in [0.25, 0.3) is 5.69 Å². The number of nitrogens with one attached hydrogen (secondary N) is 1. The number of nitro benzene ring substituents is 1. The SMILES string of the molecule is Cc1ccc(-c2ccc(/C=N/NC(=O)Cc3ccc([N+](=O)[O-])cc3)o2)cc1Br. The van der Waals surface area contributed by atoms with E-state index in [1.807, 2.05) is 31.2 Å². The maximum Gasteiger partial charge on any atom is 0.269 e. The van der Waals surface area contributed by atoms with Crippen molar-refractivity contribution in [3.05, 3.63) is 86.1 Å². The highest BCUT2D eigenvalue weighted by Crippen LogP contribution is 2.26. The summed E-state index contributed by atoms with van der Waals surface area (Å²) in [6.07, 6.45) is 1.48. The van der Waals surface area contributed by atoms with E-state index in [1.54, 1.807) is 18.2 Å². The number of aryl methyl sites for hydroxylation is 1. The number of hydrogen-bond donors (Lipinski definition) is 1. The van der Waals surface area contributed by atoms with Crippen LogP contribution in [0.4, 0.5) is 5.69 Å². The van der Waals surface area contributed by atoms with E-state index in [2.05, 4.69) is 26.5 Å². The third-order valence-electron chi connectivity index (χ3n) is 3.98. The van der Waals surface area contributed by atoms with Crippen molar-refractivity contribution in [1.82, 2.24) is 5.43 Å². The molecular formula is C20H16BrN3O4. The van der Waals surface area contributed by atoms with Crippen LogP contribution in [0.5, 0.6) is 0 Å². The van der Waals surface area contributed by atoms with E-state index in [4.69, 9.17) is 4.42 Å². The van der Waals surface area contributed by atoms with E-state index < -0.39 is 4.92 Å². The first-order valence-corrected chi connectivity index (χ1v) is 9.13. The molecule has 0 spiro atoms. The fourth-order valence-corrected chi connectivity index (χ4v) is 2.83. The summed E-state index contributed by atoms with van der Waals surface area (Å²) in [5, 5.41) is 14.5. The average Bonchev–Trinajstić information content (AvgIpc) is 3.13. The van der Waals surface area contributed by atoms with Crippen molar-refractivity contribution < 1.29 is 14.1 Å². The molecule has 2 aromatic carbocycles. The molecule has 0 fully saturated rings. The zero-order valence-electron chi connectivity index (χ0n) is 14.9. The number of benzene rings is 2. The maximum absolute atomic E-state index is 11.9. The van der Waals surface area contributed by atoms with Crippen LogP contribution in [0.15, 0.2) is 68.6 Å². The van der Waals surface area contributed by atoms with Crippen molar-refractivity contribution in [2.45, 2.75) is 13.3 Å². The second-order valence-corrected chi connectivity index (χ2v) is 6.91. The molecule has 1 heterocycles. The normalized spacial score (nSPS) is 10.9. The average molecular weight is 442 g/mol. The van der Waals surface area contributed by atoms with Crippen LogP contribution in [0.3, 0.4) is 0 Å². The molecule has 0 aliphatic heterocycles. The Kier molecular flexibility index (Phi) is 6.00. The molecule has 3 aromatic rings. The van der Waals surface area contributed by atoms with Crippen molar-refractivity contribution in [1.29, 1.82) is 0 Å². The Labute approximate surface area is 169 Å². The molecule has 0 saturated heterocycles. The molecule has 3 rings (SSSR count). The number of rotatable bonds is 6. The van der Waals surface area contributed by atoms with Crippen LogP contribution in [-0.2, 0) is 11.2 Å². The first-order valence-electron chi connectivity index (χ1n) is 8.34. The number of amides is 1.